The Morgan fingerprint density at radius 2 is 2.07 bits per heavy atom. The van der Waals surface area contributed by atoms with E-state index in [1.165, 1.54) is 26.2 Å². The van der Waals surface area contributed by atoms with E-state index in [1.54, 1.807) is 0 Å². The second kappa shape index (κ2) is 7.33. The maximum atomic E-state index is 12.6. The molecule has 1 aromatic rings. The molecule has 1 saturated heterocycles. The van der Waals surface area contributed by atoms with Gasteiger partial charge in [0.2, 0.25) is 5.60 Å². The standard InChI is InChI=1S/C13H17N5O8S2/c1-5-7(10(20)18(5)28(23,24)25)16-9(19)8(6-4-27-12(14)15-6)17-26-13(2,3)11(21)22/h4-5,7H,1-3H3,(H2,14,15)(H,16,19)(H,21,22)(H,23,24,25)/b17-8+/t5-,7+/m1/s1. The monoisotopic (exact) mass is 435 g/mol. The number of nitrogens with two attached hydrogens (primary N) is 1. The lowest BCUT2D eigenvalue weighted by molar-refractivity contribution is -0.161. The van der Waals surface area contributed by atoms with Crippen molar-refractivity contribution in [2.24, 2.45) is 5.16 Å². The molecular weight excluding hydrogens is 418 g/mol. The Hall–Kier alpha value is -2.78. The minimum absolute atomic E-state index is 0.0350. The number of nitrogens with zero attached hydrogens (tertiary/aromatic N) is 3. The number of aliphatic carboxylic acids is 1. The van der Waals surface area contributed by atoms with Crippen molar-refractivity contribution < 1.29 is 37.3 Å². The number of nitrogen functional groups attached to an aromatic ring is 1. The number of nitrogens with one attached hydrogen (secondary N) is 1. The van der Waals surface area contributed by atoms with E-state index in [0.29, 0.717) is 0 Å². The van der Waals surface area contributed by atoms with Gasteiger partial charge in [-0.15, -0.1) is 11.3 Å². The zero-order valence-corrected chi connectivity index (χ0v) is 16.4. The Bertz CT molecular complexity index is 954. The Labute approximate surface area is 163 Å². The summed E-state index contributed by atoms with van der Waals surface area (Å²) in [6.07, 6.45) is 0. The van der Waals surface area contributed by atoms with E-state index >= 15 is 0 Å². The molecule has 0 aromatic carbocycles. The van der Waals surface area contributed by atoms with Crippen molar-refractivity contribution >= 4 is 50.3 Å². The Kier molecular flexibility index (Phi) is 5.63. The topological polar surface area (TPSA) is 202 Å². The second-order valence-corrected chi connectivity index (χ2v) is 8.40. The molecule has 2 atom stereocenters. The maximum Gasteiger partial charge on any atom is 0.362 e. The van der Waals surface area contributed by atoms with Gasteiger partial charge in [-0.25, -0.2) is 14.1 Å². The molecule has 0 bridgehead atoms. The Morgan fingerprint density at radius 3 is 2.50 bits per heavy atom. The lowest BCUT2D eigenvalue weighted by Gasteiger charge is -2.42. The molecule has 0 aliphatic carbocycles. The molecule has 28 heavy (non-hydrogen) atoms. The van der Waals surface area contributed by atoms with Gasteiger partial charge in [0.15, 0.2) is 10.8 Å². The highest BCUT2D eigenvalue weighted by atomic mass is 32.2. The maximum absolute atomic E-state index is 12.6. The van der Waals surface area contributed by atoms with Crippen molar-refractivity contribution in [2.75, 3.05) is 5.73 Å². The Morgan fingerprint density at radius 1 is 1.46 bits per heavy atom. The number of carboxylic acids is 1. The van der Waals surface area contributed by atoms with E-state index in [4.69, 9.17) is 20.2 Å². The molecule has 0 spiro atoms. The Balaban J connectivity index is 2.26. The summed E-state index contributed by atoms with van der Waals surface area (Å²) in [4.78, 5) is 44.4. The summed E-state index contributed by atoms with van der Waals surface area (Å²) in [5.74, 6) is -3.38. The van der Waals surface area contributed by atoms with Gasteiger partial charge in [-0.2, -0.15) is 8.42 Å². The van der Waals surface area contributed by atoms with Crippen LogP contribution in [0.4, 0.5) is 5.13 Å². The first-order chi connectivity index (χ1) is 12.8. The molecule has 15 heteroatoms. The van der Waals surface area contributed by atoms with Gasteiger partial charge in [0, 0.05) is 5.38 Å². The summed E-state index contributed by atoms with van der Waals surface area (Å²) in [5, 5.41) is 16.3. The molecule has 1 aliphatic rings. The third-order valence-corrected chi connectivity index (χ3v) is 5.41. The number of amides is 2. The van der Waals surface area contributed by atoms with Crippen molar-refractivity contribution in [2.45, 2.75) is 38.5 Å². The number of hydrogen-bond acceptors (Lipinski definition) is 10. The van der Waals surface area contributed by atoms with Crippen LogP contribution in [0.5, 0.6) is 0 Å². The highest BCUT2D eigenvalue weighted by Crippen LogP contribution is 2.23. The van der Waals surface area contributed by atoms with Crippen molar-refractivity contribution in [3.05, 3.63) is 11.1 Å². The van der Waals surface area contributed by atoms with Crippen LogP contribution in [-0.4, -0.2) is 68.5 Å². The van der Waals surface area contributed by atoms with Gasteiger partial charge in [0.1, 0.15) is 11.7 Å². The first-order valence-corrected chi connectivity index (χ1v) is 9.86. The van der Waals surface area contributed by atoms with Gasteiger partial charge >= 0.3 is 16.3 Å². The number of anilines is 1. The van der Waals surface area contributed by atoms with Crippen molar-refractivity contribution in [1.82, 2.24) is 14.6 Å². The summed E-state index contributed by atoms with van der Waals surface area (Å²) in [6.45, 7) is 3.69. The smallest absolute Gasteiger partial charge is 0.362 e. The van der Waals surface area contributed by atoms with Crippen molar-refractivity contribution in [3.63, 3.8) is 0 Å². The van der Waals surface area contributed by atoms with Crippen LogP contribution < -0.4 is 11.1 Å². The number of hydrogen-bond donors (Lipinski definition) is 4. The van der Waals surface area contributed by atoms with Gasteiger partial charge in [-0.3, -0.25) is 14.1 Å². The molecule has 0 saturated carbocycles. The van der Waals surface area contributed by atoms with Gasteiger partial charge < -0.3 is 21.0 Å². The lowest BCUT2D eigenvalue weighted by Crippen LogP contribution is -2.71. The van der Waals surface area contributed by atoms with E-state index in [2.05, 4.69) is 15.5 Å². The third-order valence-electron chi connectivity index (χ3n) is 3.73. The summed E-state index contributed by atoms with van der Waals surface area (Å²) < 4.78 is 31.4. The number of carbonyl (C=O) groups excluding carboxylic acids is 2. The van der Waals surface area contributed by atoms with Gasteiger partial charge in [-0.05, 0) is 20.8 Å². The second-order valence-electron chi connectivity index (χ2n) is 6.22. The minimum Gasteiger partial charge on any atom is -0.478 e. The summed E-state index contributed by atoms with van der Waals surface area (Å²) in [6, 6.07) is -2.31. The fourth-order valence-corrected chi connectivity index (χ4v) is 3.54. The average molecular weight is 435 g/mol. The number of β-lactam (4-membered cyclic amide) rings is 1. The number of carbonyl (C=O) groups is 3. The molecule has 1 aromatic heterocycles. The molecular formula is C13H17N5O8S2. The number of rotatable bonds is 7. The number of carboxylic acid groups (broad SMARTS) is 1. The molecule has 2 rings (SSSR count). The van der Waals surface area contributed by atoms with Crippen LogP contribution in [0, 0.1) is 0 Å². The molecule has 5 N–H and O–H groups in total. The molecule has 0 radical (unpaired) electrons. The van der Waals surface area contributed by atoms with Crippen LogP contribution in [-0.2, 0) is 29.5 Å². The van der Waals surface area contributed by atoms with Gasteiger partial charge in [-0.1, -0.05) is 5.16 Å². The number of aromatic nitrogens is 1. The number of thiazole rings is 1. The molecule has 13 nitrogen and oxygen atoms in total. The van der Waals surface area contributed by atoms with Crippen LogP contribution in [0.2, 0.25) is 0 Å². The van der Waals surface area contributed by atoms with Crippen LogP contribution in [0.1, 0.15) is 26.5 Å². The van der Waals surface area contributed by atoms with Crippen LogP contribution in [0.25, 0.3) is 0 Å². The van der Waals surface area contributed by atoms with E-state index in [-0.39, 0.29) is 15.1 Å². The first kappa shape index (κ1) is 21.5. The molecule has 0 unspecified atom stereocenters. The fourth-order valence-electron chi connectivity index (χ4n) is 2.11. The zero-order chi connectivity index (χ0) is 21.4. The van der Waals surface area contributed by atoms with Crippen molar-refractivity contribution in [1.29, 1.82) is 0 Å². The van der Waals surface area contributed by atoms with E-state index in [0.717, 1.165) is 11.3 Å². The summed E-state index contributed by atoms with van der Waals surface area (Å²) in [7, 11) is -4.76. The number of oxime groups is 1. The first-order valence-electron chi connectivity index (χ1n) is 7.58. The third kappa shape index (κ3) is 4.20. The highest BCUT2D eigenvalue weighted by molar-refractivity contribution is 7.84. The van der Waals surface area contributed by atoms with E-state index < -0.39 is 51.5 Å². The molecule has 154 valence electrons. The highest BCUT2D eigenvalue weighted by Gasteiger charge is 2.51. The van der Waals surface area contributed by atoms with Crippen LogP contribution >= 0.6 is 11.3 Å². The predicted molar refractivity (Wildman–Crippen MR) is 95.7 cm³/mol. The molecule has 2 heterocycles. The summed E-state index contributed by atoms with van der Waals surface area (Å²) >= 11 is 0.980. The van der Waals surface area contributed by atoms with Gasteiger partial charge in [0.05, 0.1) is 6.04 Å². The summed E-state index contributed by atoms with van der Waals surface area (Å²) in [5.41, 5.74) is 3.26. The fraction of sp³-hybridized carbons (Fsp3) is 0.462. The predicted octanol–water partition coefficient (Wildman–Crippen LogP) is -1.17. The van der Waals surface area contributed by atoms with E-state index in [1.807, 2.05) is 0 Å². The van der Waals surface area contributed by atoms with Crippen molar-refractivity contribution in [3.8, 4) is 0 Å². The zero-order valence-electron chi connectivity index (χ0n) is 14.8. The van der Waals surface area contributed by atoms with Crippen LogP contribution in [0.3, 0.4) is 0 Å². The quantitative estimate of drug-likeness (QED) is 0.175. The normalized spacial score (nSPS) is 20.5. The molecule has 1 aliphatic heterocycles. The molecule has 2 amide bonds. The van der Waals surface area contributed by atoms with Crippen LogP contribution in [0.15, 0.2) is 10.5 Å². The average Bonchev–Trinajstić information content (AvgIpc) is 2.97. The lowest BCUT2D eigenvalue weighted by atomic mass is 10.0. The molecule has 1 fully saturated rings. The van der Waals surface area contributed by atoms with Gasteiger partial charge in [0.25, 0.3) is 11.8 Å². The minimum atomic E-state index is -4.76. The SMILES string of the molecule is C[C@@H]1[C@H](NC(=O)/C(=N/OC(C)(C)C(=O)O)c2csc(N)n2)C(=O)N1S(=O)(=O)O. The largest absolute Gasteiger partial charge is 0.478 e. The van der Waals surface area contributed by atoms with E-state index in [9.17, 15) is 22.8 Å².